The van der Waals surface area contributed by atoms with Gasteiger partial charge < -0.3 is 10.1 Å². The molecule has 24 heavy (non-hydrogen) atoms. The number of benzene rings is 2. The molecule has 7 heteroatoms. The van der Waals surface area contributed by atoms with Crippen LogP contribution in [0.25, 0.3) is 0 Å². The number of para-hydroxylation sites is 2. The average molecular weight is 349 g/mol. The summed E-state index contributed by atoms with van der Waals surface area (Å²) < 4.78 is 5.39. The van der Waals surface area contributed by atoms with E-state index < -0.39 is 4.92 Å². The summed E-state index contributed by atoms with van der Waals surface area (Å²) in [4.78, 5) is 22.1. The molecule has 0 bridgehead atoms. The topological polar surface area (TPSA) is 81.5 Å². The molecule has 2 aromatic carbocycles. The Bertz CT molecular complexity index is 704. The van der Waals surface area contributed by atoms with Crippen molar-refractivity contribution in [2.24, 2.45) is 0 Å². The molecule has 0 aromatic heterocycles. The lowest BCUT2D eigenvalue weighted by Gasteiger charge is -2.07. The smallest absolute Gasteiger partial charge is 0.310 e. The zero-order chi connectivity index (χ0) is 17.4. The molecule has 0 saturated heterocycles. The Labute approximate surface area is 144 Å². The van der Waals surface area contributed by atoms with Gasteiger partial charge in [0, 0.05) is 24.1 Å². The van der Waals surface area contributed by atoms with Crippen LogP contribution in [0.15, 0.2) is 48.5 Å². The van der Waals surface area contributed by atoms with Gasteiger partial charge in [-0.2, -0.15) is 0 Å². The number of rotatable bonds is 8. The minimum Gasteiger partial charge on any atom is -0.487 e. The number of nitrogens with one attached hydrogen (secondary N) is 1. The molecule has 1 N–H and O–H groups in total. The minimum absolute atomic E-state index is 0.0790. The molecule has 0 atom stereocenters. The molecular formula is C17H17ClN2O4. The number of hydrogen-bond donors (Lipinski definition) is 1. The predicted molar refractivity (Wildman–Crippen MR) is 91.1 cm³/mol. The van der Waals surface area contributed by atoms with E-state index in [2.05, 4.69) is 5.32 Å². The van der Waals surface area contributed by atoms with Gasteiger partial charge in [-0.1, -0.05) is 35.9 Å². The monoisotopic (exact) mass is 348 g/mol. The van der Waals surface area contributed by atoms with Crippen LogP contribution in [-0.2, 0) is 11.3 Å². The highest BCUT2D eigenvalue weighted by Gasteiger charge is 2.13. The van der Waals surface area contributed by atoms with Crippen molar-refractivity contribution in [3.05, 3.63) is 69.2 Å². The minimum atomic E-state index is -0.492. The van der Waals surface area contributed by atoms with Crippen LogP contribution in [-0.4, -0.2) is 17.4 Å². The third-order valence-electron chi connectivity index (χ3n) is 3.27. The maximum atomic E-state index is 11.8. The normalized spacial score (nSPS) is 10.2. The quantitative estimate of drug-likeness (QED) is 0.448. The van der Waals surface area contributed by atoms with E-state index >= 15 is 0 Å². The summed E-state index contributed by atoms with van der Waals surface area (Å²) >= 11 is 5.80. The maximum Gasteiger partial charge on any atom is 0.310 e. The molecule has 0 unspecified atom stereocenters. The number of carbonyl (C=O) groups is 1. The van der Waals surface area contributed by atoms with Crippen LogP contribution in [0.5, 0.6) is 5.75 Å². The van der Waals surface area contributed by atoms with Crippen molar-refractivity contribution in [3.8, 4) is 5.75 Å². The molecular weight excluding hydrogens is 332 g/mol. The second kappa shape index (κ2) is 8.88. The van der Waals surface area contributed by atoms with E-state index in [0.29, 0.717) is 18.0 Å². The van der Waals surface area contributed by atoms with Gasteiger partial charge in [0.05, 0.1) is 11.5 Å². The lowest BCUT2D eigenvalue weighted by molar-refractivity contribution is -0.385. The highest BCUT2D eigenvalue weighted by molar-refractivity contribution is 6.30. The van der Waals surface area contributed by atoms with Crippen molar-refractivity contribution < 1.29 is 14.5 Å². The van der Waals surface area contributed by atoms with Gasteiger partial charge in [0.1, 0.15) is 0 Å². The van der Waals surface area contributed by atoms with E-state index in [1.807, 2.05) is 12.1 Å². The van der Waals surface area contributed by atoms with E-state index in [4.69, 9.17) is 16.3 Å². The van der Waals surface area contributed by atoms with Gasteiger partial charge in [0.25, 0.3) is 0 Å². The zero-order valence-electron chi connectivity index (χ0n) is 12.9. The van der Waals surface area contributed by atoms with E-state index in [9.17, 15) is 14.9 Å². The molecule has 1 amide bonds. The van der Waals surface area contributed by atoms with Crippen LogP contribution in [0.3, 0.4) is 0 Å². The average Bonchev–Trinajstić information content (AvgIpc) is 2.58. The second-order valence-corrected chi connectivity index (χ2v) is 5.52. The van der Waals surface area contributed by atoms with Crippen LogP contribution in [0.4, 0.5) is 5.69 Å². The number of nitro benzene ring substituents is 1. The predicted octanol–water partition coefficient (Wildman–Crippen LogP) is 3.72. The number of carbonyl (C=O) groups excluding carboxylic acids is 1. The maximum absolute atomic E-state index is 11.8. The molecule has 0 heterocycles. The van der Waals surface area contributed by atoms with Crippen LogP contribution >= 0.6 is 11.6 Å². The summed E-state index contributed by atoms with van der Waals surface area (Å²) in [5.41, 5.74) is 0.883. The summed E-state index contributed by atoms with van der Waals surface area (Å²) in [6.45, 7) is 0.667. The Kier molecular flexibility index (Phi) is 6.57. The molecule has 0 radical (unpaired) electrons. The van der Waals surface area contributed by atoms with E-state index in [1.54, 1.807) is 30.3 Å². The fraction of sp³-hybridized carbons (Fsp3) is 0.235. The van der Waals surface area contributed by atoms with E-state index in [-0.39, 0.29) is 30.4 Å². The number of halogens is 1. The summed E-state index contributed by atoms with van der Waals surface area (Å²) in [6, 6.07) is 13.4. The molecule has 0 spiro atoms. The molecule has 0 fully saturated rings. The lowest BCUT2D eigenvalue weighted by Crippen LogP contribution is -2.22. The molecule has 6 nitrogen and oxygen atoms in total. The van der Waals surface area contributed by atoms with Crippen molar-refractivity contribution in [2.45, 2.75) is 19.4 Å². The van der Waals surface area contributed by atoms with Gasteiger partial charge >= 0.3 is 5.69 Å². The first-order valence-corrected chi connectivity index (χ1v) is 7.81. The summed E-state index contributed by atoms with van der Waals surface area (Å²) in [5, 5.41) is 14.3. The molecule has 2 aromatic rings. The number of nitro groups is 1. The lowest BCUT2D eigenvalue weighted by atomic mass is 10.2. The van der Waals surface area contributed by atoms with Crippen LogP contribution in [0.1, 0.15) is 18.4 Å². The Morgan fingerprint density at radius 3 is 2.58 bits per heavy atom. The van der Waals surface area contributed by atoms with E-state index in [0.717, 1.165) is 5.56 Å². The van der Waals surface area contributed by atoms with Crippen molar-refractivity contribution in [1.29, 1.82) is 0 Å². The number of nitrogens with zero attached hydrogens (tertiary/aromatic N) is 1. The number of ether oxygens (including phenoxy) is 1. The number of hydrogen-bond acceptors (Lipinski definition) is 4. The largest absolute Gasteiger partial charge is 0.487 e. The van der Waals surface area contributed by atoms with Crippen molar-refractivity contribution in [2.75, 3.05) is 6.61 Å². The first-order chi connectivity index (χ1) is 11.6. The van der Waals surface area contributed by atoms with Gasteiger partial charge in [-0.05, 0) is 30.2 Å². The van der Waals surface area contributed by atoms with Crippen LogP contribution in [0.2, 0.25) is 5.02 Å². The highest BCUT2D eigenvalue weighted by atomic mass is 35.5. The van der Waals surface area contributed by atoms with Crippen LogP contribution in [0, 0.1) is 10.1 Å². The Balaban J connectivity index is 1.69. The van der Waals surface area contributed by atoms with E-state index in [1.165, 1.54) is 6.07 Å². The Morgan fingerprint density at radius 2 is 1.88 bits per heavy atom. The fourth-order valence-electron chi connectivity index (χ4n) is 2.04. The summed E-state index contributed by atoms with van der Waals surface area (Å²) in [6.07, 6.45) is 0.757. The second-order valence-electron chi connectivity index (χ2n) is 5.08. The summed E-state index contributed by atoms with van der Waals surface area (Å²) in [7, 11) is 0. The molecule has 2 rings (SSSR count). The van der Waals surface area contributed by atoms with Crippen LogP contribution < -0.4 is 10.1 Å². The SMILES string of the molecule is O=C(CCCOc1ccccc1[N+](=O)[O-])NCc1ccc(Cl)cc1. The molecule has 0 aliphatic heterocycles. The van der Waals surface area contributed by atoms with Crippen molar-refractivity contribution in [1.82, 2.24) is 5.32 Å². The third-order valence-corrected chi connectivity index (χ3v) is 3.52. The zero-order valence-corrected chi connectivity index (χ0v) is 13.7. The van der Waals surface area contributed by atoms with Gasteiger partial charge in [-0.3, -0.25) is 14.9 Å². The first kappa shape index (κ1) is 17.7. The summed E-state index contributed by atoms with van der Waals surface area (Å²) in [5.74, 6) is 0.111. The third kappa shape index (κ3) is 5.55. The fourth-order valence-corrected chi connectivity index (χ4v) is 2.16. The van der Waals surface area contributed by atoms with Crippen molar-refractivity contribution >= 4 is 23.2 Å². The molecule has 0 aliphatic carbocycles. The van der Waals surface area contributed by atoms with Gasteiger partial charge in [0.15, 0.2) is 5.75 Å². The van der Waals surface area contributed by atoms with Gasteiger partial charge in [-0.15, -0.1) is 0 Å². The molecule has 0 aliphatic rings. The van der Waals surface area contributed by atoms with Gasteiger partial charge in [0.2, 0.25) is 5.91 Å². The first-order valence-electron chi connectivity index (χ1n) is 7.43. The van der Waals surface area contributed by atoms with Gasteiger partial charge in [-0.25, -0.2) is 0 Å². The Hall–Kier alpha value is -2.60. The van der Waals surface area contributed by atoms with Crippen molar-refractivity contribution in [3.63, 3.8) is 0 Å². The number of amides is 1. The molecule has 126 valence electrons. The Morgan fingerprint density at radius 1 is 1.17 bits per heavy atom. The molecule has 0 saturated carbocycles. The standard InChI is InChI=1S/C17H17ClN2O4/c18-14-9-7-13(8-10-14)12-19-17(21)6-3-11-24-16-5-2-1-4-15(16)20(22)23/h1-2,4-5,7-10H,3,6,11-12H2,(H,19,21). The highest BCUT2D eigenvalue weighted by Crippen LogP contribution is 2.25.